The summed E-state index contributed by atoms with van der Waals surface area (Å²) in [5.74, 6) is -1.16. The number of rotatable bonds is 3. The largest absolute Gasteiger partial charge is 0.481 e. The van der Waals surface area contributed by atoms with Crippen molar-refractivity contribution in [3.05, 3.63) is 66.4 Å². The molecule has 1 fully saturated rings. The average Bonchev–Trinajstić information content (AvgIpc) is 3.07. The Morgan fingerprint density at radius 2 is 1.58 bits per heavy atom. The Morgan fingerprint density at radius 1 is 0.923 bits per heavy atom. The van der Waals surface area contributed by atoms with Gasteiger partial charge in [-0.25, -0.2) is 0 Å². The van der Waals surface area contributed by atoms with Crippen LogP contribution in [-0.2, 0) is 4.79 Å². The predicted molar refractivity (Wildman–Crippen MR) is 99.5 cm³/mol. The monoisotopic (exact) mass is 348 g/mol. The third-order valence-corrected chi connectivity index (χ3v) is 5.08. The maximum atomic E-state index is 13.2. The first kappa shape index (κ1) is 16.4. The Balaban J connectivity index is 1.72. The smallest absolute Gasteiger partial charge is 0.306 e. The highest BCUT2D eigenvalue weighted by molar-refractivity contribution is 6.00. The number of fused-ring (bicyclic) bond motifs is 1. The highest BCUT2D eigenvalue weighted by Gasteiger charge is 2.29. The normalized spacial score (nSPS) is 15.3. The summed E-state index contributed by atoms with van der Waals surface area (Å²) in [7, 11) is 0. The van der Waals surface area contributed by atoms with E-state index in [0.29, 0.717) is 31.6 Å². The molecule has 1 aliphatic rings. The lowest BCUT2D eigenvalue weighted by Gasteiger charge is -2.30. The molecule has 2 aromatic carbocycles. The van der Waals surface area contributed by atoms with Gasteiger partial charge in [-0.1, -0.05) is 36.4 Å². The van der Waals surface area contributed by atoms with Gasteiger partial charge in [0, 0.05) is 24.2 Å². The van der Waals surface area contributed by atoms with Crippen LogP contribution in [0.4, 0.5) is 0 Å². The molecule has 1 N–H and O–H groups in total. The number of carboxylic acids is 1. The maximum Gasteiger partial charge on any atom is 0.306 e. The van der Waals surface area contributed by atoms with Crippen LogP contribution in [0.15, 0.2) is 60.7 Å². The summed E-state index contributed by atoms with van der Waals surface area (Å²) in [6, 6.07) is 19.7. The van der Waals surface area contributed by atoms with Crippen LogP contribution in [-0.4, -0.2) is 39.5 Å². The van der Waals surface area contributed by atoms with Crippen molar-refractivity contribution in [2.24, 2.45) is 5.92 Å². The summed E-state index contributed by atoms with van der Waals surface area (Å²) in [5, 5.41) is 10.2. The van der Waals surface area contributed by atoms with Crippen molar-refractivity contribution in [3.8, 4) is 5.69 Å². The van der Waals surface area contributed by atoms with Crippen LogP contribution in [0.5, 0.6) is 0 Å². The zero-order chi connectivity index (χ0) is 18.1. The molecule has 0 saturated carbocycles. The number of carbonyl (C=O) groups excluding carboxylic acids is 1. The van der Waals surface area contributed by atoms with Gasteiger partial charge < -0.3 is 14.6 Å². The molecular weight excluding hydrogens is 328 g/mol. The van der Waals surface area contributed by atoms with Gasteiger partial charge >= 0.3 is 5.97 Å². The number of aromatic nitrogens is 1. The van der Waals surface area contributed by atoms with Crippen LogP contribution in [0.1, 0.15) is 23.3 Å². The molecule has 1 saturated heterocycles. The number of carbonyl (C=O) groups is 2. The first-order valence-corrected chi connectivity index (χ1v) is 8.83. The van der Waals surface area contributed by atoms with E-state index >= 15 is 0 Å². The van der Waals surface area contributed by atoms with E-state index in [2.05, 4.69) is 0 Å². The number of carboxylic acid groups (broad SMARTS) is 1. The van der Waals surface area contributed by atoms with E-state index in [-0.39, 0.29) is 11.8 Å². The van der Waals surface area contributed by atoms with Gasteiger partial charge in [-0.3, -0.25) is 9.59 Å². The third kappa shape index (κ3) is 2.86. The van der Waals surface area contributed by atoms with Crippen LogP contribution in [0.25, 0.3) is 16.6 Å². The molecule has 5 nitrogen and oxygen atoms in total. The minimum absolute atomic E-state index is 0.0473. The number of piperidine rings is 1. The quantitative estimate of drug-likeness (QED) is 0.787. The molecule has 0 unspecified atom stereocenters. The topological polar surface area (TPSA) is 62.5 Å². The number of benzene rings is 2. The number of nitrogens with zero attached hydrogens (tertiary/aromatic N) is 2. The molecule has 1 aromatic heterocycles. The van der Waals surface area contributed by atoms with Crippen LogP contribution in [0.3, 0.4) is 0 Å². The lowest BCUT2D eigenvalue weighted by atomic mass is 9.97. The predicted octanol–water partition coefficient (Wildman–Crippen LogP) is 3.57. The van der Waals surface area contributed by atoms with Gasteiger partial charge in [-0.2, -0.15) is 0 Å². The fraction of sp³-hybridized carbons (Fsp3) is 0.238. The average molecular weight is 348 g/mol. The zero-order valence-electron chi connectivity index (χ0n) is 14.3. The third-order valence-electron chi connectivity index (χ3n) is 5.08. The molecule has 2 heterocycles. The zero-order valence-corrected chi connectivity index (χ0v) is 14.3. The van der Waals surface area contributed by atoms with E-state index in [0.717, 1.165) is 16.6 Å². The van der Waals surface area contributed by atoms with E-state index in [4.69, 9.17) is 5.11 Å². The molecule has 0 spiro atoms. The second kappa shape index (κ2) is 6.67. The molecule has 1 aliphatic heterocycles. The fourth-order valence-corrected chi connectivity index (χ4v) is 3.66. The second-order valence-corrected chi connectivity index (χ2v) is 6.66. The Bertz CT molecular complexity index is 954. The lowest BCUT2D eigenvalue weighted by Crippen LogP contribution is -2.40. The van der Waals surface area contributed by atoms with Crippen LogP contribution in [0.2, 0.25) is 0 Å². The van der Waals surface area contributed by atoms with E-state index in [1.54, 1.807) is 4.90 Å². The van der Waals surface area contributed by atoms with E-state index < -0.39 is 5.97 Å². The molecule has 132 valence electrons. The Hall–Kier alpha value is -3.08. The summed E-state index contributed by atoms with van der Waals surface area (Å²) in [6.45, 7) is 0.957. The molecule has 0 aliphatic carbocycles. The number of aliphatic carboxylic acids is 1. The van der Waals surface area contributed by atoms with Crippen molar-refractivity contribution in [1.82, 2.24) is 9.47 Å². The first-order valence-electron chi connectivity index (χ1n) is 8.83. The highest BCUT2D eigenvalue weighted by Crippen LogP contribution is 2.27. The van der Waals surface area contributed by atoms with Gasteiger partial charge in [0.05, 0.1) is 11.4 Å². The van der Waals surface area contributed by atoms with Crippen molar-refractivity contribution in [3.63, 3.8) is 0 Å². The van der Waals surface area contributed by atoms with Crippen molar-refractivity contribution in [1.29, 1.82) is 0 Å². The van der Waals surface area contributed by atoms with Crippen LogP contribution < -0.4 is 0 Å². The molecule has 1 amide bonds. The molecule has 3 aromatic rings. The fourth-order valence-electron chi connectivity index (χ4n) is 3.66. The standard InChI is InChI=1S/C21H20N2O3/c24-20(22-12-10-15(11-13-22)21(25)26)19-14-16-6-4-5-9-18(16)23(19)17-7-2-1-3-8-17/h1-9,14-15H,10-13H2,(H,25,26). The molecule has 5 heteroatoms. The van der Waals surface area contributed by atoms with E-state index in [9.17, 15) is 9.59 Å². The summed E-state index contributed by atoms with van der Waals surface area (Å²) in [5.41, 5.74) is 2.55. The number of likely N-dealkylation sites (tertiary alicyclic amines) is 1. The highest BCUT2D eigenvalue weighted by atomic mass is 16.4. The van der Waals surface area contributed by atoms with Crippen LogP contribution in [0, 0.1) is 5.92 Å². The lowest BCUT2D eigenvalue weighted by molar-refractivity contribution is -0.143. The Labute approximate surface area is 151 Å². The molecule has 0 radical (unpaired) electrons. The van der Waals surface area contributed by atoms with Gasteiger partial charge in [0.1, 0.15) is 5.69 Å². The summed E-state index contributed by atoms with van der Waals surface area (Å²) in [6.07, 6.45) is 1.01. The maximum absolute atomic E-state index is 13.2. The van der Waals surface area contributed by atoms with Gasteiger partial charge in [0.15, 0.2) is 0 Å². The Morgan fingerprint density at radius 3 is 2.27 bits per heavy atom. The van der Waals surface area contributed by atoms with Gasteiger partial charge in [-0.15, -0.1) is 0 Å². The molecule has 0 bridgehead atoms. The molecular formula is C21H20N2O3. The first-order chi connectivity index (χ1) is 12.6. The summed E-state index contributed by atoms with van der Waals surface area (Å²) in [4.78, 5) is 26.1. The molecule has 0 atom stereocenters. The van der Waals surface area contributed by atoms with Crippen molar-refractivity contribution in [2.75, 3.05) is 13.1 Å². The van der Waals surface area contributed by atoms with Gasteiger partial charge in [0.2, 0.25) is 0 Å². The van der Waals surface area contributed by atoms with E-state index in [1.807, 2.05) is 65.2 Å². The van der Waals surface area contributed by atoms with E-state index in [1.165, 1.54) is 0 Å². The summed E-state index contributed by atoms with van der Waals surface area (Å²) >= 11 is 0. The second-order valence-electron chi connectivity index (χ2n) is 6.66. The number of hydrogen-bond acceptors (Lipinski definition) is 2. The van der Waals surface area contributed by atoms with Gasteiger partial charge in [0.25, 0.3) is 5.91 Å². The molecule has 26 heavy (non-hydrogen) atoms. The number of amides is 1. The van der Waals surface area contributed by atoms with Gasteiger partial charge in [-0.05, 0) is 37.1 Å². The minimum atomic E-state index is -0.768. The summed E-state index contributed by atoms with van der Waals surface area (Å²) < 4.78 is 1.99. The SMILES string of the molecule is O=C(O)C1CCN(C(=O)c2cc3ccccc3n2-c2ccccc2)CC1. The van der Waals surface area contributed by atoms with Crippen molar-refractivity contribution in [2.45, 2.75) is 12.8 Å². The van der Waals surface area contributed by atoms with Crippen LogP contribution >= 0.6 is 0 Å². The van der Waals surface area contributed by atoms with Crippen molar-refractivity contribution >= 4 is 22.8 Å². The minimum Gasteiger partial charge on any atom is -0.481 e. The Kier molecular flexibility index (Phi) is 4.21. The molecule has 4 rings (SSSR count). The number of para-hydroxylation sites is 2. The van der Waals surface area contributed by atoms with Crippen molar-refractivity contribution < 1.29 is 14.7 Å². The number of hydrogen-bond donors (Lipinski definition) is 1.